The van der Waals surface area contributed by atoms with E-state index >= 15 is 0 Å². The second-order valence-electron chi connectivity index (χ2n) is 8.53. The number of carbonyl (C=O) groups excluding carboxylic acids is 2. The Labute approximate surface area is 197 Å². The lowest BCUT2D eigenvalue weighted by atomic mass is 9.76. The molecule has 3 N–H and O–H groups in total. The molecule has 2 amide bonds. The van der Waals surface area contributed by atoms with Crippen LogP contribution < -0.4 is 10.6 Å². The van der Waals surface area contributed by atoms with E-state index in [1.807, 2.05) is 42.7 Å². The molecule has 1 atom stereocenters. The number of carboxylic acid groups (broad SMARTS) is 1. The number of aliphatic carboxylic acids is 1. The molecule has 0 bridgehead atoms. The maximum atomic E-state index is 12.9. The fraction of sp³-hybridized carbons (Fsp3) is 0.400. The lowest BCUT2D eigenvalue weighted by Crippen LogP contribution is -2.64. The zero-order valence-electron chi connectivity index (χ0n) is 18.5. The minimum atomic E-state index is -1.12. The summed E-state index contributed by atoms with van der Waals surface area (Å²) in [5, 5.41) is 14.7. The zero-order valence-corrected chi connectivity index (χ0v) is 19.3. The van der Waals surface area contributed by atoms with Crippen molar-refractivity contribution in [2.24, 2.45) is 0 Å². The molecule has 2 aromatic rings. The first-order chi connectivity index (χ1) is 15.9. The van der Waals surface area contributed by atoms with Gasteiger partial charge < -0.3 is 20.5 Å². The minimum Gasteiger partial charge on any atom is -0.480 e. The number of carbonyl (C=O) groups is 3. The first kappa shape index (κ1) is 23.2. The standard InChI is InChI=1S/C25H28N2O5S/c1-33-14-11-21(22(28)29)26-23(30)25(12-6-13-25)27-24(31)32-15-20-18-9-4-2-7-16(18)17-8-3-5-10-19(17)20/h2-5,7-10,20-21H,6,11-15H2,1H3,(H,26,30)(H,27,31)(H,28,29)/t21-/m1/s1. The average molecular weight is 469 g/mol. The summed E-state index contributed by atoms with van der Waals surface area (Å²) in [7, 11) is 0. The molecule has 0 radical (unpaired) electrons. The summed E-state index contributed by atoms with van der Waals surface area (Å²) in [6.07, 6.45) is 3.23. The Morgan fingerprint density at radius 1 is 1.09 bits per heavy atom. The van der Waals surface area contributed by atoms with Crippen LogP contribution >= 0.6 is 11.8 Å². The number of thioether (sulfide) groups is 1. The van der Waals surface area contributed by atoms with Gasteiger partial charge in [-0.25, -0.2) is 9.59 Å². The van der Waals surface area contributed by atoms with E-state index in [0.29, 0.717) is 25.0 Å². The number of fused-ring (bicyclic) bond motifs is 3. The van der Waals surface area contributed by atoms with E-state index in [4.69, 9.17) is 4.74 Å². The summed E-state index contributed by atoms with van der Waals surface area (Å²) >= 11 is 1.52. The Bertz CT molecular complexity index is 1010. The normalized spacial score (nSPS) is 16.6. The number of hydrogen-bond acceptors (Lipinski definition) is 5. The van der Waals surface area contributed by atoms with Gasteiger partial charge in [-0.05, 0) is 59.9 Å². The van der Waals surface area contributed by atoms with Crippen LogP contribution in [0.3, 0.4) is 0 Å². The molecule has 2 aliphatic carbocycles. The predicted molar refractivity (Wildman–Crippen MR) is 127 cm³/mol. The van der Waals surface area contributed by atoms with Gasteiger partial charge in [0.2, 0.25) is 5.91 Å². The van der Waals surface area contributed by atoms with Crippen LogP contribution in [0.5, 0.6) is 0 Å². The fourth-order valence-electron chi connectivity index (χ4n) is 4.56. The highest BCUT2D eigenvalue weighted by molar-refractivity contribution is 7.98. The molecule has 0 spiro atoms. The second kappa shape index (κ2) is 9.87. The van der Waals surface area contributed by atoms with Crippen molar-refractivity contribution in [1.29, 1.82) is 0 Å². The molecule has 0 aliphatic heterocycles. The fourth-order valence-corrected chi connectivity index (χ4v) is 5.03. The summed E-state index contributed by atoms with van der Waals surface area (Å²) in [6.45, 7) is 0.156. The van der Waals surface area contributed by atoms with E-state index in [9.17, 15) is 19.5 Å². The summed E-state index contributed by atoms with van der Waals surface area (Å²) in [6, 6.07) is 15.2. The number of ether oxygens (including phenoxy) is 1. The van der Waals surface area contributed by atoms with Gasteiger partial charge >= 0.3 is 12.1 Å². The molecular formula is C25H28N2O5S. The second-order valence-corrected chi connectivity index (χ2v) is 9.52. The Kier molecular flexibility index (Phi) is 6.93. The monoisotopic (exact) mass is 468 g/mol. The SMILES string of the molecule is CSCC[C@@H](NC(=O)C1(NC(=O)OCC2c3ccccc3-c3ccccc32)CCC1)C(=O)O. The summed E-state index contributed by atoms with van der Waals surface area (Å²) < 4.78 is 5.59. The van der Waals surface area contributed by atoms with Crippen molar-refractivity contribution >= 4 is 29.7 Å². The van der Waals surface area contributed by atoms with Gasteiger partial charge in [-0.1, -0.05) is 48.5 Å². The van der Waals surface area contributed by atoms with Crippen molar-refractivity contribution in [3.8, 4) is 11.1 Å². The number of benzene rings is 2. The molecule has 4 rings (SSSR count). The number of rotatable bonds is 9. The molecule has 7 nitrogen and oxygen atoms in total. The molecule has 2 aromatic carbocycles. The van der Waals surface area contributed by atoms with Crippen LogP contribution in [0, 0.1) is 0 Å². The molecule has 33 heavy (non-hydrogen) atoms. The van der Waals surface area contributed by atoms with Gasteiger partial charge in [0.15, 0.2) is 0 Å². The lowest BCUT2D eigenvalue weighted by molar-refractivity contribution is -0.143. The van der Waals surface area contributed by atoms with Crippen molar-refractivity contribution < 1.29 is 24.2 Å². The van der Waals surface area contributed by atoms with Gasteiger partial charge in [0.1, 0.15) is 18.2 Å². The molecule has 1 fully saturated rings. The number of amides is 2. The van der Waals surface area contributed by atoms with Crippen molar-refractivity contribution in [3.63, 3.8) is 0 Å². The molecule has 2 aliphatic rings. The minimum absolute atomic E-state index is 0.0720. The molecule has 1 saturated carbocycles. The summed E-state index contributed by atoms with van der Waals surface area (Å²) in [4.78, 5) is 37.1. The number of hydrogen-bond donors (Lipinski definition) is 3. The van der Waals surface area contributed by atoms with Crippen LogP contribution in [0.2, 0.25) is 0 Å². The van der Waals surface area contributed by atoms with E-state index < -0.39 is 29.6 Å². The molecule has 174 valence electrons. The molecule has 0 unspecified atom stereocenters. The van der Waals surface area contributed by atoms with E-state index in [-0.39, 0.29) is 12.5 Å². The third kappa shape index (κ3) is 4.71. The molecule has 0 aromatic heterocycles. The number of nitrogens with one attached hydrogen (secondary N) is 2. The Balaban J connectivity index is 1.40. The maximum absolute atomic E-state index is 12.9. The first-order valence-corrected chi connectivity index (χ1v) is 12.5. The van der Waals surface area contributed by atoms with Crippen LogP contribution in [0.25, 0.3) is 11.1 Å². The molecule has 8 heteroatoms. The van der Waals surface area contributed by atoms with Crippen LogP contribution in [-0.2, 0) is 14.3 Å². The Morgan fingerprint density at radius 3 is 2.21 bits per heavy atom. The highest BCUT2D eigenvalue weighted by atomic mass is 32.2. The predicted octanol–water partition coefficient (Wildman–Crippen LogP) is 3.77. The first-order valence-electron chi connectivity index (χ1n) is 11.1. The van der Waals surface area contributed by atoms with Gasteiger partial charge in [0, 0.05) is 5.92 Å². The van der Waals surface area contributed by atoms with Gasteiger partial charge in [0.25, 0.3) is 0 Å². The largest absolute Gasteiger partial charge is 0.480 e. The smallest absolute Gasteiger partial charge is 0.408 e. The van der Waals surface area contributed by atoms with Crippen LogP contribution in [0.1, 0.15) is 42.7 Å². The van der Waals surface area contributed by atoms with Crippen molar-refractivity contribution in [3.05, 3.63) is 59.7 Å². The molecule has 0 saturated heterocycles. The average Bonchev–Trinajstić information content (AvgIpc) is 3.11. The highest BCUT2D eigenvalue weighted by Gasteiger charge is 2.47. The van der Waals surface area contributed by atoms with Crippen LogP contribution in [0.4, 0.5) is 4.79 Å². The van der Waals surface area contributed by atoms with E-state index in [2.05, 4.69) is 22.8 Å². The topological polar surface area (TPSA) is 105 Å². The van der Waals surface area contributed by atoms with E-state index in [1.54, 1.807) is 0 Å². The lowest BCUT2D eigenvalue weighted by Gasteiger charge is -2.40. The number of alkyl carbamates (subject to hydrolysis) is 1. The van der Waals surface area contributed by atoms with Gasteiger partial charge in [-0.3, -0.25) is 4.79 Å². The Hall–Kier alpha value is -3.00. The maximum Gasteiger partial charge on any atom is 0.408 e. The zero-order chi connectivity index (χ0) is 23.4. The number of carboxylic acids is 1. The third-order valence-corrected chi connectivity index (χ3v) is 7.18. The van der Waals surface area contributed by atoms with Crippen molar-refractivity contribution in [1.82, 2.24) is 10.6 Å². The van der Waals surface area contributed by atoms with Crippen molar-refractivity contribution in [2.75, 3.05) is 18.6 Å². The summed E-state index contributed by atoms with van der Waals surface area (Å²) in [5.74, 6) is -0.995. The summed E-state index contributed by atoms with van der Waals surface area (Å²) in [5.41, 5.74) is 3.39. The van der Waals surface area contributed by atoms with E-state index in [0.717, 1.165) is 28.7 Å². The van der Waals surface area contributed by atoms with Crippen molar-refractivity contribution in [2.45, 2.75) is 43.2 Å². The Morgan fingerprint density at radius 2 is 1.70 bits per heavy atom. The third-order valence-electron chi connectivity index (χ3n) is 6.54. The van der Waals surface area contributed by atoms with E-state index in [1.165, 1.54) is 11.8 Å². The quantitative estimate of drug-likeness (QED) is 0.518. The van der Waals surface area contributed by atoms with Gasteiger partial charge in [-0.2, -0.15) is 11.8 Å². The van der Waals surface area contributed by atoms with Crippen LogP contribution in [0.15, 0.2) is 48.5 Å². The molecular weight excluding hydrogens is 440 g/mol. The molecule has 0 heterocycles. The highest BCUT2D eigenvalue weighted by Crippen LogP contribution is 2.44. The van der Waals surface area contributed by atoms with Gasteiger partial charge in [0.05, 0.1) is 0 Å². The van der Waals surface area contributed by atoms with Crippen LogP contribution in [-0.4, -0.2) is 53.3 Å². The van der Waals surface area contributed by atoms with Gasteiger partial charge in [-0.15, -0.1) is 0 Å².